The summed E-state index contributed by atoms with van der Waals surface area (Å²) in [6.45, 7) is 4.23. The molecule has 0 saturated heterocycles. The Hall–Kier alpha value is -5.16. The molecule has 4 heteroatoms. The monoisotopic (exact) mass is 774 g/mol. The molecule has 0 amide bonds. The van der Waals surface area contributed by atoms with Gasteiger partial charge in [-0.1, -0.05) is 157 Å². The molecule has 0 radical (unpaired) electrons. The van der Waals surface area contributed by atoms with Crippen LogP contribution < -0.4 is 0 Å². The van der Waals surface area contributed by atoms with Gasteiger partial charge in [0.2, 0.25) is 0 Å². The first-order chi connectivity index (χ1) is 24.5. The van der Waals surface area contributed by atoms with Gasteiger partial charge in [-0.3, -0.25) is 0 Å². The lowest BCUT2D eigenvalue weighted by Gasteiger charge is -2.15. The maximum absolute atomic E-state index is 3.83. The van der Waals surface area contributed by atoms with Crippen LogP contribution in [0.15, 0.2) is 191 Å². The lowest BCUT2D eigenvalue weighted by atomic mass is 10.1. The highest BCUT2D eigenvalue weighted by Crippen LogP contribution is 2.45. The second-order valence-electron chi connectivity index (χ2n) is 12.2. The first-order valence-electron chi connectivity index (χ1n) is 16.7. The minimum Gasteiger partial charge on any atom is -0.309 e. The topological polar surface area (TPSA) is 9.86 Å². The van der Waals surface area contributed by atoms with Gasteiger partial charge in [0.15, 0.2) is 0 Å². The number of rotatable bonds is 6. The molecule has 2 aromatic heterocycles. The summed E-state index contributed by atoms with van der Waals surface area (Å²) in [7, 11) is 0. The molecule has 2 nitrogen and oxygen atoms in total. The molecule has 0 spiro atoms. The molecule has 0 fully saturated rings. The molecule has 0 atom stereocenters. The van der Waals surface area contributed by atoms with E-state index >= 15 is 0 Å². The predicted molar refractivity (Wildman–Crippen MR) is 218 cm³/mol. The molecular weight excluding hydrogens is 740 g/mol. The van der Waals surface area contributed by atoms with Crippen LogP contribution in [0.4, 0.5) is 0 Å². The summed E-state index contributed by atoms with van der Waals surface area (Å²) in [4.78, 5) is 0. The largest absolute Gasteiger partial charge is 0.309 e. The van der Waals surface area contributed by atoms with Gasteiger partial charge in [0.1, 0.15) is 0 Å². The Morgan fingerprint density at radius 3 is 0.960 bits per heavy atom. The molecule has 8 rings (SSSR count). The number of benzene rings is 6. The third kappa shape index (κ3) is 6.96. The van der Waals surface area contributed by atoms with Crippen molar-refractivity contribution in [3.8, 4) is 56.4 Å². The van der Waals surface area contributed by atoms with Crippen molar-refractivity contribution in [2.75, 3.05) is 0 Å². The van der Waals surface area contributed by atoms with Crippen molar-refractivity contribution in [2.45, 2.75) is 13.8 Å². The van der Waals surface area contributed by atoms with E-state index in [1.165, 1.54) is 50.5 Å². The molecule has 0 saturated carbocycles. The van der Waals surface area contributed by atoms with Crippen LogP contribution in [0.25, 0.3) is 56.4 Å². The molecule has 50 heavy (non-hydrogen) atoms. The van der Waals surface area contributed by atoms with Crippen LogP contribution in [0.5, 0.6) is 0 Å². The van der Waals surface area contributed by atoms with Crippen molar-refractivity contribution in [3.63, 3.8) is 0 Å². The van der Waals surface area contributed by atoms with Crippen LogP contribution in [-0.4, -0.2) is 9.13 Å². The van der Waals surface area contributed by atoms with Crippen molar-refractivity contribution in [1.29, 1.82) is 0 Å². The molecule has 0 aliphatic carbocycles. The summed E-state index contributed by atoms with van der Waals surface area (Å²) in [6, 6.07) is 63.8. The molecule has 0 bridgehead atoms. The smallest absolute Gasteiger partial charge is 0.0689 e. The zero-order valence-corrected chi connectivity index (χ0v) is 31.1. The average molecular weight is 777 g/mol. The molecule has 0 unspecified atom stereocenters. The van der Waals surface area contributed by atoms with E-state index in [9.17, 15) is 0 Å². The lowest BCUT2D eigenvalue weighted by molar-refractivity contribution is 1.09. The van der Waals surface area contributed by atoms with Crippen LogP contribution in [0.1, 0.15) is 11.1 Å². The van der Waals surface area contributed by atoms with Crippen LogP contribution in [0.3, 0.4) is 0 Å². The second kappa shape index (κ2) is 15.2. The third-order valence-corrected chi connectivity index (χ3v) is 10.8. The SMILES string of the molecule is Cc1ccc(-n2c(-c3ccccc3)c(Br)c(Br)c2-c2ccccc2)cc1.Cc1ccc(-n2c(-c3ccccc3)ccc2-c2ccccc2)cc1. The highest BCUT2D eigenvalue weighted by atomic mass is 79.9. The highest BCUT2D eigenvalue weighted by Gasteiger charge is 2.23. The van der Waals surface area contributed by atoms with Gasteiger partial charge in [-0.15, -0.1) is 0 Å². The normalized spacial score (nSPS) is 10.8. The Morgan fingerprint density at radius 1 is 0.320 bits per heavy atom. The fourth-order valence-electron chi connectivity index (χ4n) is 6.25. The van der Waals surface area contributed by atoms with Crippen molar-refractivity contribution in [2.24, 2.45) is 0 Å². The summed E-state index contributed by atoms with van der Waals surface area (Å²) in [5, 5.41) is 0. The standard InChI is InChI=1S/C23H17Br2N.C23H19N/c1-16-12-14-19(15-13-16)26-22(17-8-4-2-5-9-17)20(24)21(25)23(26)18-10-6-3-7-11-18;1-18-12-14-21(15-13-18)24-22(19-8-4-2-5-9-19)16-17-23(24)20-10-6-3-7-11-20/h2-15H,1H3;2-17H,1H3. The van der Waals surface area contributed by atoms with Gasteiger partial charge < -0.3 is 9.13 Å². The Balaban J connectivity index is 0.000000157. The zero-order chi connectivity index (χ0) is 34.5. The van der Waals surface area contributed by atoms with Gasteiger partial charge in [-0.05, 0) is 104 Å². The van der Waals surface area contributed by atoms with Crippen molar-refractivity contribution < 1.29 is 0 Å². The van der Waals surface area contributed by atoms with Gasteiger partial charge in [0, 0.05) is 11.4 Å². The van der Waals surface area contributed by atoms with E-state index in [0.717, 1.165) is 26.0 Å². The molecular formula is C46H36Br2N2. The highest BCUT2D eigenvalue weighted by molar-refractivity contribution is 9.13. The van der Waals surface area contributed by atoms with E-state index in [-0.39, 0.29) is 0 Å². The summed E-state index contributed by atoms with van der Waals surface area (Å²) >= 11 is 7.66. The van der Waals surface area contributed by atoms with E-state index in [4.69, 9.17) is 0 Å². The molecule has 244 valence electrons. The number of nitrogens with zero attached hydrogens (tertiary/aromatic N) is 2. The maximum atomic E-state index is 3.83. The average Bonchev–Trinajstić information content (AvgIpc) is 3.73. The van der Waals surface area contributed by atoms with Gasteiger partial charge in [-0.2, -0.15) is 0 Å². The molecule has 2 heterocycles. The van der Waals surface area contributed by atoms with E-state index in [0.29, 0.717) is 0 Å². The first kappa shape index (κ1) is 33.3. The van der Waals surface area contributed by atoms with Crippen molar-refractivity contribution >= 4 is 31.9 Å². The third-order valence-electron chi connectivity index (χ3n) is 8.75. The van der Waals surface area contributed by atoms with Gasteiger partial charge in [0.25, 0.3) is 0 Å². The molecule has 0 N–H and O–H groups in total. The number of halogens is 2. The Labute approximate surface area is 311 Å². The predicted octanol–water partition coefficient (Wildman–Crippen LogP) is 13.8. The fourth-order valence-corrected chi connectivity index (χ4v) is 7.44. The quantitative estimate of drug-likeness (QED) is 0.159. The van der Waals surface area contributed by atoms with Crippen LogP contribution >= 0.6 is 31.9 Å². The van der Waals surface area contributed by atoms with Gasteiger partial charge >= 0.3 is 0 Å². The van der Waals surface area contributed by atoms with Crippen LogP contribution in [-0.2, 0) is 0 Å². The summed E-state index contributed by atoms with van der Waals surface area (Å²) in [5.74, 6) is 0. The van der Waals surface area contributed by atoms with Crippen molar-refractivity contribution in [3.05, 3.63) is 202 Å². The van der Waals surface area contributed by atoms with E-state index in [2.05, 4.69) is 225 Å². The summed E-state index contributed by atoms with van der Waals surface area (Å²) in [5.41, 5.74) is 14.3. The summed E-state index contributed by atoms with van der Waals surface area (Å²) < 4.78 is 6.77. The number of hydrogen-bond donors (Lipinski definition) is 0. The molecule has 6 aromatic carbocycles. The minimum atomic E-state index is 1.06. The Morgan fingerprint density at radius 2 is 0.620 bits per heavy atom. The molecule has 0 aliphatic heterocycles. The van der Waals surface area contributed by atoms with E-state index in [1.807, 2.05) is 12.1 Å². The van der Waals surface area contributed by atoms with Crippen LogP contribution in [0.2, 0.25) is 0 Å². The van der Waals surface area contributed by atoms with Gasteiger partial charge in [0.05, 0.1) is 31.7 Å². The van der Waals surface area contributed by atoms with Crippen LogP contribution in [0, 0.1) is 13.8 Å². The number of hydrogen-bond acceptors (Lipinski definition) is 0. The first-order valence-corrected chi connectivity index (χ1v) is 18.3. The Bertz CT molecular complexity index is 2180. The van der Waals surface area contributed by atoms with E-state index < -0.39 is 0 Å². The second-order valence-corrected chi connectivity index (χ2v) is 13.8. The summed E-state index contributed by atoms with van der Waals surface area (Å²) in [6.07, 6.45) is 0. The zero-order valence-electron chi connectivity index (χ0n) is 28.0. The van der Waals surface area contributed by atoms with Gasteiger partial charge in [-0.25, -0.2) is 0 Å². The maximum Gasteiger partial charge on any atom is 0.0689 e. The number of aryl methyl sites for hydroxylation is 2. The lowest BCUT2D eigenvalue weighted by Crippen LogP contribution is -2.00. The Kier molecular flexibility index (Phi) is 10.1. The molecule has 8 aromatic rings. The van der Waals surface area contributed by atoms with Crippen molar-refractivity contribution in [1.82, 2.24) is 9.13 Å². The molecule has 0 aliphatic rings. The minimum absolute atomic E-state index is 1.06. The number of aromatic nitrogens is 2. The fraction of sp³-hybridized carbons (Fsp3) is 0.0435. The van der Waals surface area contributed by atoms with E-state index in [1.54, 1.807) is 0 Å².